The van der Waals surface area contributed by atoms with Gasteiger partial charge in [0.05, 0.1) is 24.4 Å². The van der Waals surface area contributed by atoms with Crippen LogP contribution in [0.25, 0.3) is 11.1 Å². The Balaban J connectivity index is 1.71. The molecule has 3 amide bonds. The highest BCUT2D eigenvalue weighted by Crippen LogP contribution is 2.32. The number of rotatable bonds is 3. The molecule has 4 rings (SSSR count). The summed E-state index contributed by atoms with van der Waals surface area (Å²) >= 11 is 0. The van der Waals surface area contributed by atoms with Gasteiger partial charge in [0.1, 0.15) is 5.54 Å². The molecule has 0 saturated carbocycles. The molecule has 0 aromatic heterocycles. The van der Waals surface area contributed by atoms with Crippen LogP contribution in [0.1, 0.15) is 18.1 Å². The molecule has 1 fully saturated rings. The largest absolute Gasteiger partial charge is 0.360 e. The molecule has 2 aliphatic rings. The monoisotopic (exact) mass is 437 g/mol. The minimum absolute atomic E-state index is 0.00295. The fourth-order valence-electron chi connectivity index (χ4n) is 3.72. The van der Waals surface area contributed by atoms with Crippen LogP contribution in [-0.2, 0) is 20.4 Å². The maximum Gasteiger partial charge on any atom is 0.360 e. The lowest BCUT2D eigenvalue weighted by atomic mass is 9.89. The average molecular weight is 437 g/mol. The molecule has 2 aliphatic heterocycles. The van der Waals surface area contributed by atoms with Gasteiger partial charge in [0, 0.05) is 6.54 Å². The van der Waals surface area contributed by atoms with E-state index in [1.165, 1.54) is 4.90 Å². The van der Waals surface area contributed by atoms with Crippen LogP contribution in [0.2, 0.25) is 0 Å². The number of nitrogens with zero attached hydrogens (tertiary/aromatic N) is 4. The van der Waals surface area contributed by atoms with Gasteiger partial charge < -0.3 is 5.32 Å². The summed E-state index contributed by atoms with van der Waals surface area (Å²) < 4.78 is 24.3. The molecule has 2 aromatic carbocycles. The second-order valence-electron chi connectivity index (χ2n) is 7.53. The average Bonchev–Trinajstić information content (AvgIpc) is 2.87. The zero-order valence-electron chi connectivity index (χ0n) is 16.9. The SMILES string of the molecule is CC1(c2cccc(-c3cccc(C#N)c3)c2)NC2=NC(=O)N(S(C)(=O)=O)CCN2C1=O. The van der Waals surface area contributed by atoms with Gasteiger partial charge in [0.25, 0.3) is 5.91 Å². The number of carbonyl (C=O) groups is 2. The van der Waals surface area contributed by atoms with E-state index in [9.17, 15) is 18.0 Å². The molecule has 10 heteroatoms. The Labute approximate surface area is 179 Å². The number of guanidine groups is 1. The summed E-state index contributed by atoms with van der Waals surface area (Å²) in [6.07, 6.45) is 0.924. The van der Waals surface area contributed by atoms with Crippen LogP contribution in [-0.4, -0.2) is 54.9 Å². The van der Waals surface area contributed by atoms with Crippen LogP contribution in [0.15, 0.2) is 53.5 Å². The molecule has 1 unspecified atom stereocenters. The first-order valence-electron chi connectivity index (χ1n) is 9.45. The summed E-state index contributed by atoms with van der Waals surface area (Å²) in [7, 11) is -3.78. The van der Waals surface area contributed by atoms with Crippen molar-refractivity contribution in [2.24, 2.45) is 4.99 Å². The van der Waals surface area contributed by atoms with Crippen molar-refractivity contribution in [3.05, 3.63) is 59.7 Å². The third-order valence-corrected chi connectivity index (χ3v) is 6.54. The van der Waals surface area contributed by atoms with Gasteiger partial charge in [0.15, 0.2) is 0 Å². The van der Waals surface area contributed by atoms with E-state index in [2.05, 4.69) is 16.4 Å². The number of amides is 3. The van der Waals surface area contributed by atoms with Crippen molar-refractivity contribution in [2.75, 3.05) is 19.3 Å². The van der Waals surface area contributed by atoms with E-state index in [0.717, 1.165) is 17.4 Å². The Morgan fingerprint density at radius 3 is 2.45 bits per heavy atom. The van der Waals surface area contributed by atoms with E-state index in [0.29, 0.717) is 15.4 Å². The van der Waals surface area contributed by atoms with E-state index < -0.39 is 21.6 Å². The van der Waals surface area contributed by atoms with Gasteiger partial charge in [-0.2, -0.15) is 10.3 Å². The number of carbonyl (C=O) groups excluding carboxylic acids is 2. The first-order valence-corrected chi connectivity index (χ1v) is 11.3. The Morgan fingerprint density at radius 1 is 1.10 bits per heavy atom. The number of nitrogens with one attached hydrogen (secondary N) is 1. The van der Waals surface area contributed by atoms with E-state index >= 15 is 0 Å². The molecule has 1 saturated heterocycles. The smallest absolute Gasteiger partial charge is 0.338 e. The van der Waals surface area contributed by atoms with Crippen LogP contribution in [0.4, 0.5) is 4.79 Å². The van der Waals surface area contributed by atoms with Crippen molar-refractivity contribution in [2.45, 2.75) is 12.5 Å². The normalized spacial score (nSPS) is 21.1. The van der Waals surface area contributed by atoms with Crippen molar-refractivity contribution in [3.63, 3.8) is 0 Å². The van der Waals surface area contributed by atoms with Gasteiger partial charge >= 0.3 is 6.03 Å². The van der Waals surface area contributed by atoms with Crippen LogP contribution < -0.4 is 5.32 Å². The topological polar surface area (TPSA) is 123 Å². The maximum atomic E-state index is 13.3. The number of hydrogen-bond donors (Lipinski definition) is 1. The van der Waals surface area contributed by atoms with Crippen LogP contribution in [0.3, 0.4) is 0 Å². The van der Waals surface area contributed by atoms with E-state index in [1.807, 2.05) is 24.3 Å². The van der Waals surface area contributed by atoms with Crippen molar-refractivity contribution < 1.29 is 18.0 Å². The maximum absolute atomic E-state index is 13.3. The zero-order valence-corrected chi connectivity index (χ0v) is 17.7. The highest BCUT2D eigenvalue weighted by molar-refractivity contribution is 7.88. The number of fused-ring (bicyclic) bond motifs is 1. The number of benzene rings is 2. The standard InChI is InChI=1S/C21H19N5O4S/c1-21(17-8-4-7-16(12-17)15-6-3-5-14(11-15)13-22)18(27)25-9-10-26(31(2,29)30)20(28)23-19(25)24-21/h3-8,11-12H,9-10H2,1-2H3,(H,23,24,28). The summed E-state index contributed by atoms with van der Waals surface area (Å²) in [5.74, 6) is -0.308. The minimum atomic E-state index is -3.78. The molecule has 9 nitrogen and oxygen atoms in total. The minimum Gasteiger partial charge on any atom is -0.338 e. The molecule has 0 radical (unpaired) electrons. The zero-order chi connectivity index (χ0) is 22.4. The molecule has 0 spiro atoms. The van der Waals surface area contributed by atoms with Crippen molar-refractivity contribution in [1.82, 2.24) is 14.5 Å². The van der Waals surface area contributed by atoms with Gasteiger partial charge in [-0.3, -0.25) is 9.69 Å². The van der Waals surface area contributed by atoms with Crippen molar-refractivity contribution in [3.8, 4) is 17.2 Å². The molecule has 1 atom stereocenters. The predicted molar refractivity (Wildman–Crippen MR) is 113 cm³/mol. The first-order chi connectivity index (χ1) is 14.6. The van der Waals surface area contributed by atoms with Crippen LogP contribution >= 0.6 is 0 Å². The van der Waals surface area contributed by atoms with Gasteiger partial charge in [-0.15, -0.1) is 0 Å². The fraction of sp³-hybridized carbons (Fsp3) is 0.238. The summed E-state index contributed by atoms with van der Waals surface area (Å²) in [4.78, 5) is 30.7. The number of nitriles is 1. The van der Waals surface area contributed by atoms with Gasteiger partial charge in [-0.05, 0) is 41.8 Å². The summed E-state index contributed by atoms with van der Waals surface area (Å²) in [5.41, 5.74) is 1.66. The molecule has 2 heterocycles. The van der Waals surface area contributed by atoms with Crippen molar-refractivity contribution >= 4 is 27.9 Å². The first kappa shape index (κ1) is 20.6. The second kappa shape index (κ2) is 7.21. The molecule has 31 heavy (non-hydrogen) atoms. The lowest BCUT2D eigenvalue weighted by molar-refractivity contribution is -0.130. The molecule has 0 bridgehead atoms. The van der Waals surface area contributed by atoms with Gasteiger partial charge in [0.2, 0.25) is 16.0 Å². The molecule has 0 aliphatic carbocycles. The molecule has 158 valence electrons. The fourth-order valence-corrected chi connectivity index (χ4v) is 4.46. The highest BCUT2D eigenvalue weighted by atomic mass is 32.2. The molecule has 1 N–H and O–H groups in total. The summed E-state index contributed by atoms with van der Waals surface area (Å²) in [6, 6.07) is 15.7. The number of urea groups is 1. The predicted octanol–water partition coefficient (Wildman–Crippen LogP) is 1.62. The van der Waals surface area contributed by atoms with E-state index in [-0.39, 0.29) is 25.0 Å². The van der Waals surface area contributed by atoms with Crippen molar-refractivity contribution in [1.29, 1.82) is 5.26 Å². The van der Waals surface area contributed by atoms with E-state index in [4.69, 9.17) is 5.26 Å². The number of aliphatic imine (C=N–C) groups is 1. The third kappa shape index (κ3) is 3.53. The van der Waals surface area contributed by atoms with Gasteiger partial charge in [-0.1, -0.05) is 30.3 Å². The van der Waals surface area contributed by atoms with Crippen LogP contribution in [0.5, 0.6) is 0 Å². The molecular formula is C21H19N5O4S. The Kier molecular flexibility index (Phi) is 4.78. The summed E-state index contributed by atoms with van der Waals surface area (Å²) in [6.45, 7) is 1.52. The number of sulfonamides is 1. The molecular weight excluding hydrogens is 418 g/mol. The highest BCUT2D eigenvalue weighted by Gasteiger charge is 2.49. The third-order valence-electron chi connectivity index (χ3n) is 5.40. The molecule has 2 aromatic rings. The van der Waals surface area contributed by atoms with Crippen LogP contribution in [0, 0.1) is 11.3 Å². The Bertz CT molecular complexity index is 1280. The Morgan fingerprint density at radius 2 is 1.77 bits per heavy atom. The second-order valence-corrected chi connectivity index (χ2v) is 9.44. The quantitative estimate of drug-likeness (QED) is 0.778. The Hall–Kier alpha value is -3.71. The number of hydrogen-bond acceptors (Lipinski definition) is 6. The van der Waals surface area contributed by atoms with Gasteiger partial charge in [-0.25, -0.2) is 17.5 Å². The van der Waals surface area contributed by atoms with E-state index in [1.54, 1.807) is 31.2 Å². The lowest BCUT2D eigenvalue weighted by Gasteiger charge is -2.24. The lowest BCUT2D eigenvalue weighted by Crippen LogP contribution is -2.43. The summed E-state index contributed by atoms with van der Waals surface area (Å²) in [5, 5.41) is 12.2.